The van der Waals surface area contributed by atoms with Crippen molar-refractivity contribution in [2.75, 3.05) is 5.75 Å². The summed E-state index contributed by atoms with van der Waals surface area (Å²) >= 11 is 13.3. The molecule has 0 aliphatic rings. The first kappa shape index (κ1) is 19.7. The Balaban J connectivity index is 1.62. The fraction of sp³-hybridized carbons (Fsp3) is 0.211. The average molecular weight is 421 g/mol. The average Bonchev–Trinajstić information content (AvgIpc) is 3.11. The van der Waals surface area contributed by atoms with Gasteiger partial charge in [-0.25, -0.2) is 0 Å². The summed E-state index contributed by atoms with van der Waals surface area (Å²) in [7, 11) is 0. The van der Waals surface area contributed by atoms with E-state index < -0.39 is 0 Å². The molecule has 0 atom stereocenters. The topological polar surface area (TPSA) is 59.8 Å². The monoisotopic (exact) mass is 420 g/mol. The Labute approximate surface area is 172 Å². The highest BCUT2D eigenvalue weighted by molar-refractivity contribution is 7.99. The number of carbonyl (C=O) groups is 1. The number of thioether (sulfide) groups is 1. The molecule has 8 heteroatoms. The third kappa shape index (κ3) is 5.03. The lowest BCUT2D eigenvalue weighted by molar-refractivity contribution is -0.118. The van der Waals surface area contributed by atoms with Crippen molar-refractivity contribution >= 4 is 40.9 Å². The largest absolute Gasteiger partial charge is 0.351 e. The first-order chi connectivity index (χ1) is 13.1. The number of carbonyl (C=O) groups excluding carboxylic acids is 1. The van der Waals surface area contributed by atoms with E-state index in [0.717, 1.165) is 23.5 Å². The summed E-state index contributed by atoms with van der Waals surface area (Å²) in [4.78, 5) is 12.2. The van der Waals surface area contributed by atoms with Crippen LogP contribution in [-0.4, -0.2) is 26.4 Å². The lowest BCUT2D eigenvalue weighted by atomic mass is 10.2. The van der Waals surface area contributed by atoms with Crippen molar-refractivity contribution in [3.8, 4) is 5.69 Å². The molecule has 0 radical (unpaired) electrons. The normalized spacial score (nSPS) is 10.8. The molecule has 1 aromatic heterocycles. The molecular formula is C19H18Cl2N4OS. The summed E-state index contributed by atoms with van der Waals surface area (Å²) in [6, 6.07) is 15.2. The van der Waals surface area contributed by atoms with E-state index in [-0.39, 0.29) is 11.7 Å². The van der Waals surface area contributed by atoms with E-state index >= 15 is 0 Å². The number of benzene rings is 2. The third-order valence-electron chi connectivity index (χ3n) is 3.84. The van der Waals surface area contributed by atoms with E-state index in [1.165, 1.54) is 11.8 Å². The second kappa shape index (κ2) is 9.26. The number of para-hydroxylation sites is 1. The highest BCUT2D eigenvalue weighted by Crippen LogP contribution is 2.23. The van der Waals surface area contributed by atoms with Gasteiger partial charge in [0.2, 0.25) is 5.91 Å². The van der Waals surface area contributed by atoms with Gasteiger partial charge in [0.05, 0.1) is 15.8 Å². The molecule has 140 valence electrons. The highest BCUT2D eigenvalue weighted by atomic mass is 35.5. The Morgan fingerprint density at radius 3 is 2.59 bits per heavy atom. The third-order valence-corrected chi connectivity index (χ3v) is 5.51. The molecular weight excluding hydrogens is 403 g/mol. The molecule has 0 fully saturated rings. The van der Waals surface area contributed by atoms with Crippen LogP contribution in [0.4, 0.5) is 0 Å². The molecule has 3 aromatic rings. The van der Waals surface area contributed by atoms with Gasteiger partial charge in [-0.3, -0.25) is 9.36 Å². The van der Waals surface area contributed by atoms with Gasteiger partial charge in [0.25, 0.3) is 0 Å². The minimum Gasteiger partial charge on any atom is -0.351 e. The van der Waals surface area contributed by atoms with Gasteiger partial charge in [-0.2, -0.15) is 0 Å². The minimum absolute atomic E-state index is 0.0910. The fourth-order valence-electron chi connectivity index (χ4n) is 2.49. The molecule has 0 aliphatic carbocycles. The molecule has 5 nitrogen and oxygen atoms in total. The number of amides is 1. The van der Waals surface area contributed by atoms with Gasteiger partial charge >= 0.3 is 0 Å². The molecule has 1 N–H and O–H groups in total. The van der Waals surface area contributed by atoms with Crippen LogP contribution in [0.5, 0.6) is 0 Å². The van der Waals surface area contributed by atoms with Gasteiger partial charge in [-0.1, -0.05) is 66.2 Å². The van der Waals surface area contributed by atoms with Crippen LogP contribution in [-0.2, 0) is 17.8 Å². The quantitative estimate of drug-likeness (QED) is 0.569. The number of rotatable bonds is 7. The lowest BCUT2D eigenvalue weighted by Crippen LogP contribution is -2.24. The maximum Gasteiger partial charge on any atom is 0.230 e. The number of nitrogens with one attached hydrogen (secondary N) is 1. The maximum atomic E-state index is 12.2. The number of halogens is 2. The van der Waals surface area contributed by atoms with Crippen LogP contribution in [0, 0.1) is 0 Å². The van der Waals surface area contributed by atoms with Crippen LogP contribution in [0.2, 0.25) is 10.0 Å². The number of hydrogen-bond donors (Lipinski definition) is 1. The summed E-state index contributed by atoms with van der Waals surface area (Å²) in [5.74, 6) is 1.02. The molecule has 0 bridgehead atoms. The van der Waals surface area contributed by atoms with Gasteiger partial charge in [0, 0.05) is 18.7 Å². The Bertz CT molecular complexity index is 931. The summed E-state index contributed by atoms with van der Waals surface area (Å²) < 4.78 is 1.98. The second-order valence-corrected chi connectivity index (χ2v) is 7.49. The summed E-state index contributed by atoms with van der Waals surface area (Å²) in [6.07, 6.45) is 0.756. The van der Waals surface area contributed by atoms with Crippen molar-refractivity contribution in [3.05, 3.63) is 70.0 Å². The number of hydrogen-bond acceptors (Lipinski definition) is 4. The Hall–Kier alpha value is -2.02. The van der Waals surface area contributed by atoms with Crippen LogP contribution in [0.25, 0.3) is 5.69 Å². The molecule has 0 saturated heterocycles. The van der Waals surface area contributed by atoms with Crippen LogP contribution in [0.3, 0.4) is 0 Å². The lowest BCUT2D eigenvalue weighted by Gasteiger charge is -2.09. The summed E-state index contributed by atoms with van der Waals surface area (Å²) in [5.41, 5.74) is 1.88. The fourth-order valence-corrected chi connectivity index (χ4v) is 3.61. The van der Waals surface area contributed by atoms with Crippen LogP contribution in [0.1, 0.15) is 18.3 Å². The molecule has 27 heavy (non-hydrogen) atoms. The van der Waals surface area contributed by atoms with Crippen molar-refractivity contribution in [2.24, 2.45) is 0 Å². The van der Waals surface area contributed by atoms with Crippen molar-refractivity contribution < 1.29 is 4.79 Å². The number of nitrogens with zero attached hydrogens (tertiary/aromatic N) is 3. The van der Waals surface area contributed by atoms with E-state index in [2.05, 4.69) is 15.5 Å². The Morgan fingerprint density at radius 1 is 1.11 bits per heavy atom. The molecule has 0 aliphatic heterocycles. The molecule has 1 heterocycles. The van der Waals surface area contributed by atoms with Gasteiger partial charge in [0.1, 0.15) is 5.82 Å². The smallest absolute Gasteiger partial charge is 0.230 e. The zero-order valence-electron chi connectivity index (χ0n) is 14.7. The zero-order valence-corrected chi connectivity index (χ0v) is 17.0. The molecule has 0 spiro atoms. The van der Waals surface area contributed by atoms with Crippen LogP contribution < -0.4 is 5.32 Å². The first-order valence-corrected chi connectivity index (χ1v) is 10.2. The van der Waals surface area contributed by atoms with Crippen molar-refractivity contribution in [2.45, 2.75) is 25.0 Å². The molecule has 3 rings (SSSR count). The number of aromatic nitrogens is 3. The van der Waals surface area contributed by atoms with Gasteiger partial charge in [-0.15, -0.1) is 10.2 Å². The van der Waals surface area contributed by atoms with E-state index in [0.29, 0.717) is 21.7 Å². The standard InChI is InChI=1S/C19H18Cl2N4OS/c1-2-17-23-24-19(25(17)14-6-4-3-5-7-14)27-12-18(26)22-11-13-8-9-15(20)16(21)10-13/h3-10H,2,11-12H2,1H3,(H,22,26). The Kier molecular flexibility index (Phi) is 6.77. The van der Waals surface area contributed by atoms with Crippen LogP contribution >= 0.6 is 35.0 Å². The van der Waals surface area contributed by atoms with Crippen molar-refractivity contribution in [1.82, 2.24) is 20.1 Å². The predicted octanol–water partition coefficient (Wildman–Crippen LogP) is 4.55. The molecule has 2 aromatic carbocycles. The van der Waals surface area contributed by atoms with E-state index in [4.69, 9.17) is 23.2 Å². The van der Waals surface area contributed by atoms with E-state index in [1.807, 2.05) is 47.9 Å². The molecule has 0 saturated carbocycles. The van der Waals surface area contributed by atoms with Gasteiger partial charge in [0.15, 0.2) is 5.16 Å². The predicted molar refractivity (Wildman–Crippen MR) is 110 cm³/mol. The van der Waals surface area contributed by atoms with Gasteiger partial charge in [-0.05, 0) is 29.8 Å². The van der Waals surface area contributed by atoms with Crippen molar-refractivity contribution in [1.29, 1.82) is 0 Å². The number of aryl methyl sites for hydroxylation is 1. The van der Waals surface area contributed by atoms with E-state index in [9.17, 15) is 4.79 Å². The highest BCUT2D eigenvalue weighted by Gasteiger charge is 2.14. The summed E-state index contributed by atoms with van der Waals surface area (Å²) in [6.45, 7) is 2.42. The van der Waals surface area contributed by atoms with Crippen LogP contribution in [0.15, 0.2) is 53.7 Å². The molecule has 0 unspecified atom stereocenters. The zero-order chi connectivity index (χ0) is 19.2. The SMILES string of the molecule is CCc1nnc(SCC(=O)NCc2ccc(Cl)c(Cl)c2)n1-c1ccccc1. The molecule has 1 amide bonds. The van der Waals surface area contributed by atoms with Gasteiger partial charge < -0.3 is 5.32 Å². The van der Waals surface area contributed by atoms with E-state index in [1.54, 1.807) is 12.1 Å². The second-order valence-electron chi connectivity index (χ2n) is 5.74. The minimum atomic E-state index is -0.0910. The first-order valence-electron chi connectivity index (χ1n) is 8.41. The Morgan fingerprint density at radius 2 is 1.89 bits per heavy atom. The maximum absolute atomic E-state index is 12.2. The van der Waals surface area contributed by atoms with Crippen molar-refractivity contribution in [3.63, 3.8) is 0 Å². The summed E-state index contributed by atoms with van der Waals surface area (Å²) in [5, 5.41) is 13.0.